The Kier molecular flexibility index (Phi) is 6.14. The van der Waals surface area contributed by atoms with Gasteiger partial charge in [-0.15, -0.1) is 5.10 Å². The number of benzene rings is 1. The number of carbonyl (C=O) groups is 1. The summed E-state index contributed by atoms with van der Waals surface area (Å²) in [4.78, 5) is 12.7. The van der Waals surface area contributed by atoms with E-state index in [2.05, 4.69) is 10.3 Å². The SMILES string of the molecule is CCOC1(OCC)CC(OC(=O)c2c(Cl)nnn2[C@H](C)c2ccccc2)C1. The topological polar surface area (TPSA) is 75.5 Å². The van der Waals surface area contributed by atoms with Crippen LogP contribution >= 0.6 is 11.6 Å². The second-order valence-corrected chi connectivity index (χ2v) is 6.83. The van der Waals surface area contributed by atoms with Gasteiger partial charge in [-0.25, -0.2) is 9.48 Å². The maximum atomic E-state index is 12.7. The zero-order chi connectivity index (χ0) is 19.4. The van der Waals surface area contributed by atoms with E-state index in [1.165, 1.54) is 4.68 Å². The van der Waals surface area contributed by atoms with Crippen LogP contribution in [0.3, 0.4) is 0 Å². The van der Waals surface area contributed by atoms with Crippen LogP contribution in [0.25, 0.3) is 0 Å². The number of rotatable bonds is 8. The third-order valence-electron chi connectivity index (χ3n) is 4.66. The van der Waals surface area contributed by atoms with Crippen molar-refractivity contribution in [2.24, 2.45) is 0 Å². The van der Waals surface area contributed by atoms with Gasteiger partial charge in [-0.2, -0.15) is 0 Å². The van der Waals surface area contributed by atoms with E-state index < -0.39 is 11.8 Å². The summed E-state index contributed by atoms with van der Waals surface area (Å²) in [7, 11) is 0. The molecule has 0 unspecified atom stereocenters. The van der Waals surface area contributed by atoms with Crippen molar-refractivity contribution in [3.05, 3.63) is 46.7 Å². The Morgan fingerprint density at radius 3 is 2.48 bits per heavy atom. The molecule has 1 saturated carbocycles. The molecule has 0 aliphatic heterocycles. The molecular formula is C19H24ClN3O4. The van der Waals surface area contributed by atoms with Gasteiger partial charge in [0, 0.05) is 26.1 Å². The molecule has 1 fully saturated rings. The molecule has 0 N–H and O–H groups in total. The Hall–Kier alpha value is -1.96. The minimum Gasteiger partial charge on any atom is -0.457 e. The highest BCUT2D eigenvalue weighted by atomic mass is 35.5. The Morgan fingerprint density at radius 2 is 1.89 bits per heavy atom. The molecule has 1 aromatic carbocycles. The highest BCUT2D eigenvalue weighted by Gasteiger charge is 2.49. The number of halogens is 1. The predicted molar refractivity (Wildman–Crippen MR) is 99.7 cm³/mol. The molecule has 1 aliphatic carbocycles. The molecule has 0 spiro atoms. The van der Waals surface area contributed by atoms with Crippen molar-refractivity contribution in [3.8, 4) is 0 Å². The normalized spacial score (nSPS) is 17.3. The van der Waals surface area contributed by atoms with Crippen molar-refractivity contribution >= 4 is 17.6 Å². The van der Waals surface area contributed by atoms with Gasteiger partial charge >= 0.3 is 5.97 Å². The summed E-state index contributed by atoms with van der Waals surface area (Å²) in [6, 6.07) is 9.50. The van der Waals surface area contributed by atoms with Crippen LogP contribution in [0.15, 0.2) is 30.3 Å². The molecule has 27 heavy (non-hydrogen) atoms. The van der Waals surface area contributed by atoms with E-state index in [9.17, 15) is 4.79 Å². The molecule has 7 nitrogen and oxygen atoms in total. The first-order valence-electron chi connectivity index (χ1n) is 9.14. The smallest absolute Gasteiger partial charge is 0.360 e. The quantitative estimate of drug-likeness (QED) is 0.503. The lowest BCUT2D eigenvalue weighted by molar-refractivity contribution is -0.300. The molecule has 1 heterocycles. The van der Waals surface area contributed by atoms with Crippen LogP contribution in [0, 0.1) is 0 Å². The highest BCUT2D eigenvalue weighted by Crippen LogP contribution is 2.39. The summed E-state index contributed by atoms with van der Waals surface area (Å²) >= 11 is 6.13. The lowest BCUT2D eigenvalue weighted by Crippen LogP contribution is -2.53. The Bertz CT molecular complexity index is 767. The Morgan fingerprint density at radius 1 is 1.26 bits per heavy atom. The van der Waals surface area contributed by atoms with Gasteiger partial charge in [0.1, 0.15) is 6.10 Å². The van der Waals surface area contributed by atoms with Gasteiger partial charge in [0.05, 0.1) is 6.04 Å². The van der Waals surface area contributed by atoms with Crippen LogP contribution in [0.2, 0.25) is 5.15 Å². The predicted octanol–water partition coefficient (Wildman–Crippen LogP) is 3.63. The Labute approximate surface area is 163 Å². The summed E-state index contributed by atoms with van der Waals surface area (Å²) in [5.74, 6) is -1.20. The first-order valence-corrected chi connectivity index (χ1v) is 9.52. The molecule has 0 amide bonds. The zero-order valence-corrected chi connectivity index (χ0v) is 16.5. The van der Waals surface area contributed by atoms with Gasteiger partial charge in [-0.05, 0) is 26.3 Å². The van der Waals surface area contributed by atoms with Gasteiger partial charge in [-0.3, -0.25) is 0 Å². The van der Waals surface area contributed by atoms with E-state index in [0.29, 0.717) is 26.1 Å². The third-order valence-corrected chi connectivity index (χ3v) is 4.92. The standard InChI is InChI=1S/C19H24ClN3O4/c1-4-25-19(26-5-2)11-15(12-19)27-18(24)16-17(20)21-22-23(16)13(3)14-9-7-6-8-10-14/h6-10,13,15H,4-5,11-12H2,1-3H3/t13-/m1/s1. The molecule has 0 saturated heterocycles. The van der Waals surface area contributed by atoms with Crippen molar-refractivity contribution in [3.63, 3.8) is 0 Å². The van der Waals surface area contributed by atoms with Crippen molar-refractivity contribution < 1.29 is 19.0 Å². The van der Waals surface area contributed by atoms with Crippen LogP contribution in [0.4, 0.5) is 0 Å². The first kappa shape index (κ1) is 19.8. The summed E-state index contributed by atoms with van der Waals surface area (Å²) in [6.45, 7) is 6.83. The summed E-state index contributed by atoms with van der Waals surface area (Å²) in [6.07, 6.45) is 0.698. The monoisotopic (exact) mass is 393 g/mol. The van der Waals surface area contributed by atoms with Gasteiger partial charge in [0.25, 0.3) is 0 Å². The minimum atomic E-state index is -0.659. The fourth-order valence-electron chi connectivity index (χ4n) is 3.32. The fraction of sp³-hybridized carbons (Fsp3) is 0.526. The number of hydrogen-bond donors (Lipinski definition) is 0. The second-order valence-electron chi connectivity index (χ2n) is 6.47. The third kappa shape index (κ3) is 4.15. The maximum Gasteiger partial charge on any atom is 0.360 e. The van der Waals surface area contributed by atoms with Crippen molar-refractivity contribution in [1.82, 2.24) is 15.0 Å². The summed E-state index contributed by atoms with van der Waals surface area (Å²) in [5.41, 5.74) is 1.14. The van der Waals surface area contributed by atoms with E-state index >= 15 is 0 Å². The molecule has 0 radical (unpaired) electrons. The van der Waals surface area contributed by atoms with Crippen LogP contribution in [-0.2, 0) is 14.2 Å². The van der Waals surface area contributed by atoms with E-state index in [0.717, 1.165) is 5.56 Å². The molecule has 1 atom stereocenters. The molecule has 2 aromatic rings. The van der Waals surface area contributed by atoms with Crippen LogP contribution < -0.4 is 0 Å². The van der Waals surface area contributed by atoms with Crippen molar-refractivity contribution in [2.45, 2.75) is 51.5 Å². The molecule has 3 rings (SSSR count). The molecule has 1 aliphatic rings. The van der Waals surface area contributed by atoms with E-state index in [-0.39, 0.29) is 23.0 Å². The summed E-state index contributed by atoms with van der Waals surface area (Å²) in [5, 5.41) is 7.92. The number of ether oxygens (including phenoxy) is 3. The molecule has 8 heteroatoms. The highest BCUT2D eigenvalue weighted by molar-refractivity contribution is 6.32. The number of carbonyl (C=O) groups excluding carboxylic acids is 1. The molecule has 0 bridgehead atoms. The van der Waals surface area contributed by atoms with E-state index in [1.807, 2.05) is 51.1 Å². The molecular weight excluding hydrogens is 370 g/mol. The van der Waals surface area contributed by atoms with Crippen LogP contribution in [-0.4, -0.2) is 46.1 Å². The van der Waals surface area contributed by atoms with Gasteiger partial charge in [-0.1, -0.05) is 47.1 Å². The first-order chi connectivity index (χ1) is 13.0. The number of aromatic nitrogens is 3. The fourth-order valence-corrected chi connectivity index (χ4v) is 3.52. The van der Waals surface area contributed by atoms with Crippen LogP contribution in [0.1, 0.15) is 55.7 Å². The van der Waals surface area contributed by atoms with Gasteiger partial charge < -0.3 is 14.2 Å². The zero-order valence-electron chi connectivity index (χ0n) is 15.7. The van der Waals surface area contributed by atoms with E-state index in [1.54, 1.807) is 0 Å². The average molecular weight is 394 g/mol. The van der Waals surface area contributed by atoms with Gasteiger partial charge in [0.2, 0.25) is 0 Å². The van der Waals surface area contributed by atoms with Crippen molar-refractivity contribution in [1.29, 1.82) is 0 Å². The second kappa shape index (κ2) is 8.37. The lowest BCUT2D eigenvalue weighted by Gasteiger charge is -2.45. The number of nitrogens with zero attached hydrogens (tertiary/aromatic N) is 3. The Balaban J connectivity index is 1.71. The summed E-state index contributed by atoms with van der Waals surface area (Å²) < 4.78 is 18.5. The maximum absolute atomic E-state index is 12.7. The molecule has 146 valence electrons. The average Bonchev–Trinajstić information content (AvgIpc) is 3.02. The number of hydrogen-bond acceptors (Lipinski definition) is 6. The van der Waals surface area contributed by atoms with Gasteiger partial charge in [0.15, 0.2) is 16.6 Å². The van der Waals surface area contributed by atoms with E-state index in [4.69, 9.17) is 25.8 Å². The number of esters is 1. The largest absolute Gasteiger partial charge is 0.457 e. The molecule has 1 aromatic heterocycles. The van der Waals surface area contributed by atoms with Crippen LogP contribution in [0.5, 0.6) is 0 Å². The minimum absolute atomic E-state index is 0.0305. The van der Waals surface area contributed by atoms with Crippen molar-refractivity contribution in [2.75, 3.05) is 13.2 Å². The lowest BCUT2D eigenvalue weighted by atomic mass is 9.87.